The summed E-state index contributed by atoms with van der Waals surface area (Å²) in [6, 6.07) is 7.54. The molecule has 2 aromatic carbocycles. The van der Waals surface area contributed by atoms with Crippen molar-refractivity contribution in [3.05, 3.63) is 57.8 Å². The molecule has 1 fully saturated rings. The fourth-order valence-electron chi connectivity index (χ4n) is 2.95. The Balaban J connectivity index is 1.83. The zero-order chi connectivity index (χ0) is 19.6. The Hall–Kier alpha value is -1.67. The molecular weight excluding hydrogens is 414 g/mol. The van der Waals surface area contributed by atoms with Gasteiger partial charge in [-0.1, -0.05) is 36.0 Å². The standard InChI is InChI=1S/C18H17Cl2FN2O3S/c19-14-7-6-13(10-15(14)20)22-18(24)11-5-8-16(21)17(9-11)27(25,26)23-12-3-1-2-4-12/h5-10,12,23H,1-4H2,(H,22,24). The van der Waals surface area contributed by atoms with Crippen molar-refractivity contribution < 1.29 is 17.6 Å². The maximum Gasteiger partial charge on any atom is 0.255 e. The van der Waals surface area contributed by atoms with Gasteiger partial charge in [0.2, 0.25) is 10.0 Å². The highest BCUT2D eigenvalue weighted by molar-refractivity contribution is 7.89. The van der Waals surface area contributed by atoms with Crippen LogP contribution in [0.15, 0.2) is 41.3 Å². The number of rotatable bonds is 5. The third-order valence-corrected chi connectivity index (χ3v) is 6.61. The Morgan fingerprint density at radius 2 is 1.74 bits per heavy atom. The zero-order valence-corrected chi connectivity index (χ0v) is 16.5. The smallest absolute Gasteiger partial charge is 0.255 e. The van der Waals surface area contributed by atoms with Crippen LogP contribution in [0.1, 0.15) is 36.0 Å². The summed E-state index contributed by atoms with van der Waals surface area (Å²) >= 11 is 11.7. The number of carbonyl (C=O) groups excluding carboxylic acids is 1. The Morgan fingerprint density at radius 1 is 1.04 bits per heavy atom. The molecule has 0 spiro atoms. The summed E-state index contributed by atoms with van der Waals surface area (Å²) in [6.07, 6.45) is 3.31. The molecular formula is C18H17Cl2FN2O3S. The predicted molar refractivity (Wildman–Crippen MR) is 103 cm³/mol. The number of nitrogens with one attached hydrogen (secondary N) is 2. The van der Waals surface area contributed by atoms with E-state index in [1.54, 1.807) is 6.07 Å². The quantitative estimate of drug-likeness (QED) is 0.727. The number of hydrogen-bond acceptors (Lipinski definition) is 3. The fourth-order valence-corrected chi connectivity index (χ4v) is 4.66. The third-order valence-electron chi connectivity index (χ3n) is 4.34. The van der Waals surface area contributed by atoms with E-state index in [4.69, 9.17) is 23.2 Å². The van der Waals surface area contributed by atoms with E-state index in [1.807, 2.05) is 0 Å². The van der Waals surface area contributed by atoms with E-state index in [0.717, 1.165) is 37.8 Å². The van der Waals surface area contributed by atoms with Crippen molar-refractivity contribution in [2.24, 2.45) is 0 Å². The molecule has 5 nitrogen and oxygen atoms in total. The van der Waals surface area contributed by atoms with Crippen molar-refractivity contribution in [2.45, 2.75) is 36.6 Å². The topological polar surface area (TPSA) is 75.3 Å². The highest BCUT2D eigenvalue weighted by Gasteiger charge is 2.26. The van der Waals surface area contributed by atoms with Crippen LogP contribution in [0, 0.1) is 5.82 Å². The van der Waals surface area contributed by atoms with Crippen molar-refractivity contribution in [1.82, 2.24) is 4.72 Å². The molecule has 1 saturated carbocycles. The number of anilines is 1. The average Bonchev–Trinajstić information content (AvgIpc) is 3.10. The van der Waals surface area contributed by atoms with Gasteiger partial charge in [0.05, 0.1) is 10.0 Å². The van der Waals surface area contributed by atoms with Gasteiger partial charge in [0, 0.05) is 17.3 Å². The Bertz CT molecular complexity index is 977. The highest BCUT2D eigenvalue weighted by Crippen LogP contribution is 2.26. The first-order valence-corrected chi connectivity index (χ1v) is 10.6. The van der Waals surface area contributed by atoms with Gasteiger partial charge in [0.25, 0.3) is 5.91 Å². The van der Waals surface area contributed by atoms with Crippen LogP contribution in [-0.2, 0) is 10.0 Å². The molecule has 0 aliphatic heterocycles. The maximum absolute atomic E-state index is 14.1. The van der Waals surface area contributed by atoms with E-state index in [0.29, 0.717) is 10.7 Å². The van der Waals surface area contributed by atoms with Crippen molar-refractivity contribution in [3.63, 3.8) is 0 Å². The highest BCUT2D eigenvalue weighted by atomic mass is 35.5. The van der Waals surface area contributed by atoms with Crippen molar-refractivity contribution in [2.75, 3.05) is 5.32 Å². The van der Waals surface area contributed by atoms with Crippen LogP contribution in [0.3, 0.4) is 0 Å². The lowest BCUT2D eigenvalue weighted by Crippen LogP contribution is -2.33. The minimum Gasteiger partial charge on any atom is -0.322 e. The summed E-state index contributed by atoms with van der Waals surface area (Å²) in [4.78, 5) is 11.9. The minimum absolute atomic E-state index is 0.00858. The summed E-state index contributed by atoms with van der Waals surface area (Å²) in [5.74, 6) is -1.50. The van der Waals surface area contributed by atoms with Crippen molar-refractivity contribution >= 4 is 44.8 Å². The van der Waals surface area contributed by atoms with E-state index in [2.05, 4.69) is 10.0 Å². The van der Waals surface area contributed by atoms with E-state index >= 15 is 0 Å². The van der Waals surface area contributed by atoms with Crippen LogP contribution >= 0.6 is 23.2 Å². The van der Waals surface area contributed by atoms with Gasteiger partial charge in [0.15, 0.2) is 0 Å². The lowest BCUT2D eigenvalue weighted by Gasteiger charge is -2.14. The van der Waals surface area contributed by atoms with Gasteiger partial charge >= 0.3 is 0 Å². The van der Waals surface area contributed by atoms with Gasteiger partial charge in [-0.05, 0) is 49.2 Å². The number of amides is 1. The van der Waals surface area contributed by atoms with Gasteiger partial charge in [0.1, 0.15) is 10.7 Å². The molecule has 2 aromatic rings. The van der Waals surface area contributed by atoms with Gasteiger partial charge in [-0.25, -0.2) is 17.5 Å². The second kappa shape index (κ2) is 8.14. The molecule has 0 heterocycles. The van der Waals surface area contributed by atoms with E-state index in [-0.39, 0.29) is 16.6 Å². The van der Waals surface area contributed by atoms with Gasteiger partial charge < -0.3 is 5.32 Å². The molecule has 3 rings (SSSR count). The van der Waals surface area contributed by atoms with Gasteiger partial charge in [-0.15, -0.1) is 0 Å². The molecule has 27 heavy (non-hydrogen) atoms. The molecule has 1 amide bonds. The van der Waals surface area contributed by atoms with Crippen LogP contribution in [0.2, 0.25) is 10.0 Å². The first-order chi connectivity index (χ1) is 12.8. The van der Waals surface area contributed by atoms with Gasteiger partial charge in [-0.2, -0.15) is 0 Å². The van der Waals surface area contributed by atoms with Crippen LogP contribution in [-0.4, -0.2) is 20.4 Å². The molecule has 0 unspecified atom stereocenters. The summed E-state index contributed by atoms with van der Waals surface area (Å²) in [5, 5.41) is 3.18. The molecule has 0 bridgehead atoms. The normalized spacial score (nSPS) is 15.1. The SMILES string of the molecule is O=C(Nc1ccc(Cl)c(Cl)c1)c1ccc(F)c(S(=O)(=O)NC2CCCC2)c1. The Kier molecular flexibility index (Phi) is 6.05. The molecule has 0 radical (unpaired) electrons. The lowest BCUT2D eigenvalue weighted by atomic mass is 10.2. The Labute approximate surface area is 166 Å². The van der Waals surface area contributed by atoms with E-state index in [9.17, 15) is 17.6 Å². The lowest BCUT2D eigenvalue weighted by molar-refractivity contribution is 0.102. The van der Waals surface area contributed by atoms with Crippen LogP contribution < -0.4 is 10.0 Å². The van der Waals surface area contributed by atoms with Crippen LogP contribution in [0.5, 0.6) is 0 Å². The summed E-state index contributed by atoms with van der Waals surface area (Å²) < 4.78 is 41.7. The first kappa shape index (κ1) is 20.1. The first-order valence-electron chi connectivity index (χ1n) is 8.34. The van der Waals surface area contributed by atoms with Gasteiger partial charge in [-0.3, -0.25) is 4.79 Å². The predicted octanol–water partition coefficient (Wildman–Crippen LogP) is 4.61. The second-order valence-corrected chi connectivity index (χ2v) is 8.83. The van der Waals surface area contributed by atoms with Crippen LogP contribution in [0.25, 0.3) is 0 Å². The molecule has 144 valence electrons. The molecule has 2 N–H and O–H groups in total. The summed E-state index contributed by atoms with van der Waals surface area (Å²) in [7, 11) is -4.06. The zero-order valence-electron chi connectivity index (χ0n) is 14.1. The van der Waals surface area contributed by atoms with Crippen molar-refractivity contribution in [1.29, 1.82) is 0 Å². The number of halogens is 3. The fraction of sp³-hybridized carbons (Fsp3) is 0.278. The van der Waals surface area contributed by atoms with Crippen LogP contribution in [0.4, 0.5) is 10.1 Å². The molecule has 1 aliphatic carbocycles. The molecule has 1 aliphatic rings. The maximum atomic E-state index is 14.1. The van der Waals surface area contributed by atoms with E-state index < -0.39 is 26.6 Å². The number of benzene rings is 2. The Morgan fingerprint density at radius 3 is 2.41 bits per heavy atom. The molecule has 0 saturated heterocycles. The molecule has 0 aromatic heterocycles. The summed E-state index contributed by atoms with van der Waals surface area (Å²) in [5.41, 5.74) is 0.390. The second-order valence-electron chi connectivity index (χ2n) is 6.33. The summed E-state index contributed by atoms with van der Waals surface area (Å²) in [6.45, 7) is 0. The molecule has 0 atom stereocenters. The number of hydrogen-bond donors (Lipinski definition) is 2. The van der Waals surface area contributed by atoms with Crippen molar-refractivity contribution in [3.8, 4) is 0 Å². The minimum atomic E-state index is -4.06. The van der Waals surface area contributed by atoms with E-state index in [1.165, 1.54) is 18.2 Å². The third kappa shape index (κ3) is 4.79. The average molecular weight is 431 g/mol. The number of carbonyl (C=O) groups is 1. The monoisotopic (exact) mass is 430 g/mol. The largest absolute Gasteiger partial charge is 0.322 e. The number of sulfonamides is 1. The molecule has 9 heteroatoms.